The Morgan fingerprint density at radius 3 is 2.00 bits per heavy atom. The average Bonchev–Trinajstić information content (AvgIpc) is 2.21. The summed E-state index contributed by atoms with van der Waals surface area (Å²) in [4.78, 5) is 0. The van der Waals surface area contributed by atoms with E-state index in [1.54, 1.807) is 0 Å². The average molecular weight is 191 g/mol. The Labute approximate surface area is 87.5 Å². The molecule has 0 amide bonds. The van der Waals surface area contributed by atoms with Crippen molar-refractivity contribution in [2.75, 3.05) is 13.1 Å². The molecule has 0 heterocycles. The van der Waals surface area contributed by atoms with Gasteiger partial charge in [0.2, 0.25) is 0 Å². The third kappa shape index (κ3) is 3.93. The van der Waals surface area contributed by atoms with Crippen LogP contribution < -0.4 is 5.32 Å². The van der Waals surface area contributed by atoms with E-state index in [0.717, 1.165) is 19.5 Å². The molecule has 78 valence electrons. The number of rotatable bonds is 6. The number of nitrogens with one attached hydrogen (secondary N) is 1. The maximum absolute atomic E-state index is 3.34. The summed E-state index contributed by atoms with van der Waals surface area (Å²) in [6.45, 7) is 6.51. The third-order valence-electron chi connectivity index (χ3n) is 2.40. The predicted octanol–water partition coefficient (Wildman–Crippen LogP) is 2.79. The van der Waals surface area contributed by atoms with E-state index >= 15 is 0 Å². The van der Waals surface area contributed by atoms with Gasteiger partial charge in [-0.05, 0) is 37.1 Å². The van der Waals surface area contributed by atoms with Crippen molar-refractivity contribution in [3.63, 3.8) is 0 Å². The zero-order valence-corrected chi connectivity index (χ0v) is 9.34. The van der Waals surface area contributed by atoms with Gasteiger partial charge in [-0.15, -0.1) is 0 Å². The first-order chi connectivity index (χ1) is 6.86. The molecule has 1 rings (SSSR count). The van der Waals surface area contributed by atoms with Crippen LogP contribution in [-0.4, -0.2) is 13.1 Å². The molecule has 0 bridgehead atoms. The number of benzene rings is 1. The molecule has 0 saturated heterocycles. The van der Waals surface area contributed by atoms with Crippen LogP contribution in [0.2, 0.25) is 0 Å². The largest absolute Gasteiger partial charge is 0.317 e. The van der Waals surface area contributed by atoms with E-state index in [9.17, 15) is 0 Å². The predicted molar refractivity (Wildman–Crippen MR) is 62.7 cm³/mol. The molecular formula is C13H21N. The fourth-order valence-corrected chi connectivity index (χ4v) is 1.57. The minimum absolute atomic E-state index is 1.06. The van der Waals surface area contributed by atoms with Crippen molar-refractivity contribution in [1.29, 1.82) is 0 Å². The van der Waals surface area contributed by atoms with E-state index in [-0.39, 0.29) is 0 Å². The Kier molecular flexibility index (Phi) is 5.31. The third-order valence-corrected chi connectivity index (χ3v) is 2.40. The Morgan fingerprint density at radius 1 is 0.929 bits per heavy atom. The van der Waals surface area contributed by atoms with Gasteiger partial charge in [-0.3, -0.25) is 0 Å². The molecule has 0 spiro atoms. The summed E-state index contributed by atoms with van der Waals surface area (Å²) in [6.07, 6.45) is 3.57. The van der Waals surface area contributed by atoms with E-state index in [4.69, 9.17) is 0 Å². The van der Waals surface area contributed by atoms with Crippen LogP contribution in [0.5, 0.6) is 0 Å². The van der Waals surface area contributed by atoms with E-state index in [1.165, 1.54) is 24.0 Å². The molecule has 0 atom stereocenters. The minimum atomic E-state index is 1.06. The molecule has 1 aromatic rings. The van der Waals surface area contributed by atoms with Crippen LogP contribution in [0.3, 0.4) is 0 Å². The Bertz CT molecular complexity index is 238. The highest BCUT2D eigenvalue weighted by molar-refractivity contribution is 5.22. The van der Waals surface area contributed by atoms with Gasteiger partial charge < -0.3 is 5.32 Å². The molecule has 0 radical (unpaired) electrons. The van der Waals surface area contributed by atoms with Gasteiger partial charge in [-0.1, -0.05) is 44.5 Å². The van der Waals surface area contributed by atoms with Crippen molar-refractivity contribution >= 4 is 0 Å². The standard InChI is InChI=1S/C13H21N/c1-3-5-12-6-8-13(9-7-12)10-11-14-4-2/h6-9,14H,3-5,10-11H2,1-2H3. The van der Waals surface area contributed by atoms with Gasteiger partial charge in [0.1, 0.15) is 0 Å². The molecule has 1 aromatic carbocycles. The lowest BCUT2D eigenvalue weighted by Gasteiger charge is -2.03. The Hall–Kier alpha value is -0.820. The van der Waals surface area contributed by atoms with Crippen LogP contribution in [-0.2, 0) is 12.8 Å². The van der Waals surface area contributed by atoms with E-state index in [0.29, 0.717) is 0 Å². The highest BCUT2D eigenvalue weighted by Gasteiger charge is 1.93. The van der Waals surface area contributed by atoms with E-state index in [1.807, 2.05) is 0 Å². The summed E-state index contributed by atoms with van der Waals surface area (Å²) in [5.41, 5.74) is 2.89. The topological polar surface area (TPSA) is 12.0 Å². The van der Waals surface area contributed by atoms with Crippen molar-refractivity contribution in [3.05, 3.63) is 35.4 Å². The van der Waals surface area contributed by atoms with E-state index in [2.05, 4.69) is 43.4 Å². The quantitative estimate of drug-likeness (QED) is 0.682. The second-order valence-electron chi connectivity index (χ2n) is 3.67. The minimum Gasteiger partial charge on any atom is -0.317 e. The van der Waals surface area contributed by atoms with Crippen LogP contribution in [0.4, 0.5) is 0 Å². The summed E-state index contributed by atoms with van der Waals surface area (Å²) in [5, 5.41) is 3.34. The first kappa shape index (κ1) is 11.3. The van der Waals surface area contributed by atoms with Crippen LogP contribution >= 0.6 is 0 Å². The van der Waals surface area contributed by atoms with Crippen LogP contribution in [0, 0.1) is 0 Å². The molecule has 0 fully saturated rings. The number of hydrogen-bond donors (Lipinski definition) is 1. The maximum Gasteiger partial charge on any atom is -0.000847 e. The molecule has 14 heavy (non-hydrogen) atoms. The fourth-order valence-electron chi connectivity index (χ4n) is 1.57. The van der Waals surface area contributed by atoms with Crippen molar-refractivity contribution in [2.24, 2.45) is 0 Å². The van der Waals surface area contributed by atoms with Gasteiger partial charge in [0.05, 0.1) is 0 Å². The first-order valence-corrected chi connectivity index (χ1v) is 5.65. The van der Waals surface area contributed by atoms with Crippen molar-refractivity contribution < 1.29 is 0 Å². The SMILES string of the molecule is CCCc1ccc(CCNCC)cc1. The molecule has 0 aliphatic carbocycles. The van der Waals surface area contributed by atoms with Crippen molar-refractivity contribution in [1.82, 2.24) is 5.32 Å². The normalized spacial score (nSPS) is 10.4. The monoisotopic (exact) mass is 191 g/mol. The molecule has 0 saturated carbocycles. The molecule has 0 aliphatic rings. The summed E-state index contributed by atoms with van der Waals surface area (Å²) >= 11 is 0. The summed E-state index contributed by atoms with van der Waals surface area (Å²) in [6, 6.07) is 9.01. The van der Waals surface area contributed by atoms with Gasteiger partial charge in [0.25, 0.3) is 0 Å². The maximum atomic E-state index is 3.34. The highest BCUT2D eigenvalue weighted by atomic mass is 14.8. The fraction of sp³-hybridized carbons (Fsp3) is 0.538. The Balaban J connectivity index is 2.38. The Morgan fingerprint density at radius 2 is 1.50 bits per heavy atom. The molecule has 1 N–H and O–H groups in total. The molecule has 0 aromatic heterocycles. The lowest BCUT2D eigenvalue weighted by atomic mass is 10.1. The zero-order chi connectivity index (χ0) is 10.2. The number of likely N-dealkylation sites (N-methyl/N-ethyl adjacent to an activating group) is 1. The van der Waals surface area contributed by atoms with Crippen molar-refractivity contribution in [3.8, 4) is 0 Å². The van der Waals surface area contributed by atoms with Gasteiger partial charge in [-0.25, -0.2) is 0 Å². The summed E-state index contributed by atoms with van der Waals surface area (Å²) in [7, 11) is 0. The molecule has 0 unspecified atom stereocenters. The van der Waals surface area contributed by atoms with E-state index < -0.39 is 0 Å². The van der Waals surface area contributed by atoms with Crippen LogP contribution in [0.15, 0.2) is 24.3 Å². The number of hydrogen-bond acceptors (Lipinski definition) is 1. The van der Waals surface area contributed by atoms with Crippen LogP contribution in [0.1, 0.15) is 31.4 Å². The molecular weight excluding hydrogens is 170 g/mol. The molecule has 0 aliphatic heterocycles. The van der Waals surface area contributed by atoms with Gasteiger partial charge >= 0.3 is 0 Å². The second-order valence-corrected chi connectivity index (χ2v) is 3.67. The zero-order valence-electron chi connectivity index (χ0n) is 9.34. The van der Waals surface area contributed by atoms with Gasteiger partial charge in [-0.2, -0.15) is 0 Å². The molecule has 1 heteroatoms. The smallest absolute Gasteiger partial charge is 0.000847 e. The lowest BCUT2D eigenvalue weighted by Crippen LogP contribution is -2.15. The van der Waals surface area contributed by atoms with Crippen LogP contribution in [0.25, 0.3) is 0 Å². The molecule has 1 nitrogen and oxygen atoms in total. The first-order valence-electron chi connectivity index (χ1n) is 5.65. The second kappa shape index (κ2) is 6.61. The summed E-state index contributed by atoms with van der Waals surface area (Å²) in [5.74, 6) is 0. The van der Waals surface area contributed by atoms with Gasteiger partial charge in [0.15, 0.2) is 0 Å². The van der Waals surface area contributed by atoms with Crippen molar-refractivity contribution in [2.45, 2.75) is 33.1 Å². The summed E-state index contributed by atoms with van der Waals surface area (Å²) < 4.78 is 0. The van der Waals surface area contributed by atoms with Gasteiger partial charge in [0, 0.05) is 0 Å². The highest BCUT2D eigenvalue weighted by Crippen LogP contribution is 2.06. The number of aryl methyl sites for hydroxylation is 1. The lowest BCUT2D eigenvalue weighted by molar-refractivity contribution is 0.716.